The second-order valence-electron chi connectivity index (χ2n) is 6.52. The molecule has 0 heterocycles. The van der Waals surface area contributed by atoms with Crippen LogP contribution in [0.15, 0.2) is 18.2 Å². The van der Waals surface area contributed by atoms with Crippen molar-refractivity contribution >= 4 is 0 Å². The first-order valence-corrected chi connectivity index (χ1v) is 6.72. The topological polar surface area (TPSA) is 29.3 Å². The molecule has 0 aliphatic carbocycles. The normalized spacial score (nSPS) is 14.0. The Labute approximate surface area is 112 Å². The molecule has 0 aliphatic heterocycles. The summed E-state index contributed by atoms with van der Waals surface area (Å²) in [6, 6.07) is 6.81. The van der Waals surface area contributed by atoms with Gasteiger partial charge in [-0.1, -0.05) is 39.0 Å². The van der Waals surface area contributed by atoms with E-state index in [-0.39, 0.29) is 0 Å². The van der Waals surface area contributed by atoms with Crippen molar-refractivity contribution in [2.45, 2.75) is 40.7 Å². The first kappa shape index (κ1) is 15.2. The van der Waals surface area contributed by atoms with E-state index in [9.17, 15) is 0 Å². The maximum absolute atomic E-state index is 6.00. The molecule has 1 unspecified atom stereocenters. The molecule has 0 radical (unpaired) electrons. The molecule has 18 heavy (non-hydrogen) atoms. The summed E-state index contributed by atoms with van der Waals surface area (Å²) in [5.74, 6) is 0. The molecular formula is C16H28N2. The Morgan fingerprint density at radius 3 is 2.33 bits per heavy atom. The first-order valence-electron chi connectivity index (χ1n) is 6.72. The third kappa shape index (κ3) is 3.82. The van der Waals surface area contributed by atoms with E-state index in [1.165, 1.54) is 16.7 Å². The Bertz CT molecular complexity index is 391. The Kier molecular flexibility index (Phi) is 4.94. The zero-order chi connectivity index (χ0) is 13.9. The van der Waals surface area contributed by atoms with Gasteiger partial charge >= 0.3 is 0 Å². The fraction of sp³-hybridized carbons (Fsp3) is 0.625. The third-order valence-electron chi connectivity index (χ3n) is 3.48. The predicted octanol–water partition coefficient (Wildman–Crippen LogP) is 3.28. The number of hydrogen-bond donors (Lipinski definition) is 1. The lowest BCUT2D eigenvalue weighted by Gasteiger charge is -2.34. The minimum Gasteiger partial charge on any atom is -0.329 e. The van der Waals surface area contributed by atoms with Gasteiger partial charge in [0.15, 0.2) is 0 Å². The quantitative estimate of drug-likeness (QED) is 0.886. The smallest absolute Gasteiger partial charge is 0.0470 e. The van der Waals surface area contributed by atoms with Gasteiger partial charge in [-0.05, 0) is 43.0 Å². The van der Waals surface area contributed by atoms with Gasteiger partial charge in [0.25, 0.3) is 0 Å². The number of nitrogens with two attached hydrogens (primary N) is 1. The summed E-state index contributed by atoms with van der Waals surface area (Å²) < 4.78 is 0. The highest BCUT2D eigenvalue weighted by atomic mass is 15.1. The molecule has 2 heteroatoms. The number of benzene rings is 1. The maximum atomic E-state index is 6.00. The SMILES string of the molecule is Cc1cccc(C(CN)N(C)CC(C)(C)C)c1C. The first-order chi connectivity index (χ1) is 8.26. The number of rotatable bonds is 4. The number of nitrogens with zero attached hydrogens (tertiary/aromatic N) is 1. The van der Waals surface area contributed by atoms with Crippen molar-refractivity contribution in [2.24, 2.45) is 11.1 Å². The van der Waals surface area contributed by atoms with Gasteiger partial charge in [-0.15, -0.1) is 0 Å². The Morgan fingerprint density at radius 2 is 1.83 bits per heavy atom. The van der Waals surface area contributed by atoms with Crippen LogP contribution in [0.1, 0.15) is 43.5 Å². The fourth-order valence-corrected chi connectivity index (χ4v) is 2.54. The summed E-state index contributed by atoms with van der Waals surface area (Å²) in [5, 5.41) is 0. The van der Waals surface area contributed by atoms with Crippen LogP contribution in [0.3, 0.4) is 0 Å². The number of hydrogen-bond acceptors (Lipinski definition) is 2. The van der Waals surface area contributed by atoms with Crippen molar-refractivity contribution in [3.8, 4) is 0 Å². The lowest BCUT2D eigenvalue weighted by atomic mass is 9.92. The zero-order valence-corrected chi connectivity index (χ0v) is 12.7. The van der Waals surface area contributed by atoms with Crippen molar-refractivity contribution in [1.29, 1.82) is 0 Å². The highest BCUT2D eigenvalue weighted by Crippen LogP contribution is 2.26. The van der Waals surface area contributed by atoms with Crippen molar-refractivity contribution in [1.82, 2.24) is 4.90 Å². The van der Waals surface area contributed by atoms with Crippen LogP contribution in [0, 0.1) is 19.3 Å². The monoisotopic (exact) mass is 248 g/mol. The van der Waals surface area contributed by atoms with E-state index < -0.39 is 0 Å². The average Bonchev–Trinajstić information content (AvgIpc) is 2.22. The predicted molar refractivity (Wildman–Crippen MR) is 79.8 cm³/mol. The van der Waals surface area contributed by atoms with Gasteiger partial charge < -0.3 is 5.73 Å². The Morgan fingerprint density at radius 1 is 1.22 bits per heavy atom. The summed E-state index contributed by atoms with van der Waals surface area (Å²) in [6.45, 7) is 12.9. The van der Waals surface area contributed by atoms with Crippen molar-refractivity contribution < 1.29 is 0 Å². The van der Waals surface area contributed by atoms with E-state index in [0.717, 1.165) is 6.54 Å². The molecule has 1 rings (SSSR count). The van der Waals surface area contributed by atoms with Crippen LogP contribution in [0.4, 0.5) is 0 Å². The van der Waals surface area contributed by atoms with Crippen molar-refractivity contribution in [2.75, 3.05) is 20.1 Å². The van der Waals surface area contributed by atoms with Gasteiger partial charge in [-0.3, -0.25) is 4.90 Å². The second kappa shape index (κ2) is 5.85. The standard InChI is InChI=1S/C16H28N2/c1-12-8-7-9-14(13(12)2)15(10-17)18(6)11-16(3,4)5/h7-9,15H,10-11,17H2,1-6H3. The molecule has 0 amide bonds. The van der Waals surface area contributed by atoms with E-state index >= 15 is 0 Å². The van der Waals surface area contributed by atoms with Gasteiger partial charge in [0.2, 0.25) is 0 Å². The van der Waals surface area contributed by atoms with E-state index in [4.69, 9.17) is 5.73 Å². The largest absolute Gasteiger partial charge is 0.329 e. The third-order valence-corrected chi connectivity index (χ3v) is 3.48. The molecule has 0 saturated heterocycles. The van der Waals surface area contributed by atoms with E-state index in [1.54, 1.807) is 0 Å². The average molecular weight is 248 g/mol. The minimum absolute atomic E-state index is 0.292. The van der Waals surface area contributed by atoms with Gasteiger partial charge in [0.05, 0.1) is 0 Å². The van der Waals surface area contributed by atoms with Gasteiger partial charge in [-0.25, -0.2) is 0 Å². The summed E-state index contributed by atoms with van der Waals surface area (Å²) in [4.78, 5) is 2.38. The van der Waals surface area contributed by atoms with Crippen LogP contribution < -0.4 is 5.73 Å². The summed E-state index contributed by atoms with van der Waals surface area (Å²) in [7, 11) is 2.17. The van der Waals surface area contributed by atoms with Crippen LogP contribution in [0.5, 0.6) is 0 Å². The molecule has 1 aromatic rings. The number of likely N-dealkylation sites (N-methyl/N-ethyl adjacent to an activating group) is 1. The molecule has 0 aromatic heterocycles. The fourth-order valence-electron chi connectivity index (χ4n) is 2.54. The van der Waals surface area contributed by atoms with Crippen LogP contribution in [-0.2, 0) is 0 Å². The molecule has 0 saturated carbocycles. The van der Waals surface area contributed by atoms with Crippen LogP contribution >= 0.6 is 0 Å². The molecule has 0 fully saturated rings. The highest BCUT2D eigenvalue weighted by molar-refractivity contribution is 5.35. The van der Waals surface area contributed by atoms with Gasteiger partial charge in [0.1, 0.15) is 0 Å². The molecule has 1 aromatic carbocycles. The highest BCUT2D eigenvalue weighted by Gasteiger charge is 2.22. The summed E-state index contributed by atoms with van der Waals surface area (Å²) >= 11 is 0. The van der Waals surface area contributed by atoms with Crippen LogP contribution in [-0.4, -0.2) is 25.0 Å². The van der Waals surface area contributed by atoms with Crippen molar-refractivity contribution in [3.05, 3.63) is 34.9 Å². The Hall–Kier alpha value is -0.860. The lowest BCUT2D eigenvalue weighted by molar-refractivity contribution is 0.175. The van der Waals surface area contributed by atoms with E-state index in [1.807, 2.05) is 0 Å². The molecule has 2 N–H and O–H groups in total. The summed E-state index contributed by atoms with van der Waals surface area (Å²) in [5.41, 5.74) is 10.4. The zero-order valence-electron chi connectivity index (χ0n) is 12.7. The summed E-state index contributed by atoms with van der Waals surface area (Å²) in [6.07, 6.45) is 0. The minimum atomic E-state index is 0.292. The molecule has 0 bridgehead atoms. The second-order valence-corrected chi connectivity index (χ2v) is 6.52. The van der Waals surface area contributed by atoms with Crippen LogP contribution in [0.2, 0.25) is 0 Å². The number of aryl methyl sites for hydroxylation is 1. The molecule has 1 atom stereocenters. The molecule has 0 aliphatic rings. The molecule has 0 spiro atoms. The molecule has 102 valence electrons. The molecular weight excluding hydrogens is 220 g/mol. The Balaban J connectivity index is 2.99. The molecule has 2 nitrogen and oxygen atoms in total. The van der Waals surface area contributed by atoms with E-state index in [2.05, 4.69) is 64.8 Å². The van der Waals surface area contributed by atoms with Crippen molar-refractivity contribution in [3.63, 3.8) is 0 Å². The maximum Gasteiger partial charge on any atom is 0.0470 e. The lowest BCUT2D eigenvalue weighted by Crippen LogP contribution is -2.36. The van der Waals surface area contributed by atoms with Gasteiger partial charge in [-0.2, -0.15) is 0 Å². The van der Waals surface area contributed by atoms with Gasteiger partial charge in [0, 0.05) is 19.1 Å². The van der Waals surface area contributed by atoms with E-state index in [0.29, 0.717) is 18.0 Å². The van der Waals surface area contributed by atoms with Crippen LogP contribution in [0.25, 0.3) is 0 Å².